The third kappa shape index (κ3) is 5.47. The van der Waals surface area contributed by atoms with E-state index in [1.54, 1.807) is 44.3 Å². The van der Waals surface area contributed by atoms with Crippen molar-refractivity contribution in [1.29, 1.82) is 0 Å². The normalized spacial score (nSPS) is 13.9. The number of aryl methyl sites for hydroxylation is 1. The molecule has 1 aliphatic rings. The Morgan fingerprint density at radius 1 is 1.10 bits per heavy atom. The van der Waals surface area contributed by atoms with Gasteiger partial charge in [0.1, 0.15) is 6.26 Å². The van der Waals surface area contributed by atoms with Crippen molar-refractivity contribution < 1.29 is 22.2 Å². The van der Waals surface area contributed by atoms with Crippen LogP contribution in [-0.4, -0.2) is 35.4 Å². The predicted molar refractivity (Wildman–Crippen MR) is 147 cm³/mol. The van der Waals surface area contributed by atoms with Gasteiger partial charge in [-0.25, -0.2) is 18.1 Å². The monoisotopic (exact) mass is 548 g/mol. The molecule has 39 heavy (non-hydrogen) atoms. The number of carbonyl (C=O) groups is 1. The molecule has 4 aromatic rings. The molecule has 1 amide bonds. The molecule has 0 radical (unpaired) electrons. The zero-order valence-electron chi connectivity index (χ0n) is 22.7. The zero-order valence-corrected chi connectivity index (χ0v) is 23.5. The van der Waals surface area contributed by atoms with E-state index in [-0.39, 0.29) is 22.7 Å². The van der Waals surface area contributed by atoms with Crippen LogP contribution in [0.2, 0.25) is 0 Å². The molecule has 2 aromatic heterocycles. The second kappa shape index (κ2) is 10.00. The average Bonchev–Trinajstić information content (AvgIpc) is 3.50. The van der Waals surface area contributed by atoms with Crippen LogP contribution in [0.1, 0.15) is 50.4 Å². The van der Waals surface area contributed by atoms with Crippen molar-refractivity contribution in [2.75, 3.05) is 4.72 Å². The van der Waals surface area contributed by atoms with Crippen LogP contribution in [0.5, 0.6) is 0 Å². The van der Waals surface area contributed by atoms with Gasteiger partial charge in [0.2, 0.25) is 17.7 Å². The molecular formula is C29H32N4O5S. The van der Waals surface area contributed by atoms with E-state index in [0.717, 1.165) is 24.0 Å². The zero-order chi connectivity index (χ0) is 27.9. The van der Waals surface area contributed by atoms with E-state index >= 15 is 0 Å². The molecular weight excluding hydrogens is 516 g/mol. The summed E-state index contributed by atoms with van der Waals surface area (Å²) in [6, 6.07) is 12.6. The first kappa shape index (κ1) is 26.7. The molecule has 0 atom stereocenters. The summed E-state index contributed by atoms with van der Waals surface area (Å²) in [7, 11) is -4.04. The maximum absolute atomic E-state index is 13.6. The van der Waals surface area contributed by atoms with Gasteiger partial charge in [0.25, 0.3) is 10.0 Å². The van der Waals surface area contributed by atoms with Crippen molar-refractivity contribution in [3.63, 3.8) is 0 Å². The van der Waals surface area contributed by atoms with Crippen LogP contribution < -0.4 is 4.72 Å². The van der Waals surface area contributed by atoms with Gasteiger partial charge in [-0.3, -0.25) is 4.79 Å². The van der Waals surface area contributed by atoms with E-state index in [0.29, 0.717) is 34.8 Å². The van der Waals surface area contributed by atoms with Crippen LogP contribution >= 0.6 is 0 Å². The second-order valence-corrected chi connectivity index (χ2v) is 12.6. The van der Waals surface area contributed by atoms with Crippen LogP contribution in [0.4, 0.5) is 5.88 Å². The Labute approximate surface area is 228 Å². The molecule has 1 saturated carbocycles. The number of hydrogen-bond donors (Lipinski definition) is 1. The van der Waals surface area contributed by atoms with E-state index in [4.69, 9.17) is 8.94 Å². The molecule has 1 fully saturated rings. The highest BCUT2D eigenvalue weighted by molar-refractivity contribution is 7.92. The molecule has 2 aromatic carbocycles. The van der Waals surface area contributed by atoms with E-state index in [1.165, 1.54) is 6.26 Å². The summed E-state index contributed by atoms with van der Waals surface area (Å²) in [4.78, 5) is 19.7. The lowest BCUT2D eigenvalue weighted by molar-refractivity contribution is -0.140. The molecule has 9 nitrogen and oxygen atoms in total. The van der Waals surface area contributed by atoms with Crippen molar-refractivity contribution in [2.24, 2.45) is 5.41 Å². The number of aromatic nitrogens is 2. The minimum Gasteiger partial charge on any atom is -0.445 e. The van der Waals surface area contributed by atoms with Crippen LogP contribution in [0.15, 0.2) is 68.8 Å². The van der Waals surface area contributed by atoms with E-state index < -0.39 is 15.4 Å². The highest BCUT2D eigenvalue weighted by Crippen LogP contribution is 2.38. The van der Waals surface area contributed by atoms with Gasteiger partial charge in [0.15, 0.2) is 0 Å². The van der Waals surface area contributed by atoms with Crippen molar-refractivity contribution in [1.82, 2.24) is 15.0 Å². The summed E-state index contributed by atoms with van der Waals surface area (Å²) in [6.45, 7) is 9.55. The Bertz CT molecular complexity index is 1610. The Hall–Kier alpha value is -3.92. The van der Waals surface area contributed by atoms with Crippen molar-refractivity contribution in [3.05, 3.63) is 71.7 Å². The summed E-state index contributed by atoms with van der Waals surface area (Å²) >= 11 is 0. The van der Waals surface area contributed by atoms with Crippen molar-refractivity contribution >= 4 is 21.8 Å². The van der Waals surface area contributed by atoms with Gasteiger partial charge in [0, 0.05) is 34.7 Å². The second-order valence-electron chi connectivity index (χ2n) is 10.9. The molecule has 1 aliphatic carbocycles. The van der Waals surface area contributed by atoms with Crippen LogP contribution in [0.25, 0.3) is 22.6 Å². The maximum Gasteiger partial charge on any atom is 0.264 e. The summed E-state index contributed by atoms with van der Waals surface area (Å²) in [5, 5.41) is 3.86. The Kier molecular flexibility index (Phi) is 6.84. The van der Waals surface area contributed by atoms with Gasteiger partial charge < -0.3 is 13.8 Å². The standard InChI is InChI=1S/C29H32N4O5S/c1-18-19(2)31-38-26(18)32-39(35,36)25-9-7-6-8-24(25)23-13-10-20(27-30-14-15-37-27)16-21(23)17-33(22-11-12-22)28(34)29(3,4)5/h6-10,13-16,22,32H,11-12,17H2,1-5H3. The third-order valence-corrected chi connectivity index (χ3v) is 8.26. The molecule has 1 N–H and O–H groups in total. The first-order valence-electron chi connectivity index (χ1n) is 12.8. The summed E-state index contributed by atoms with van der Waals surface area (Å²) < 4.78 is 40.5. The third-order valence-electron chi connectivity index (χ3n) is 6.87. The maximum atomic E-state index is 13.6. The van der Waals surface area contributed by atoms with E-state index in [9.17, 15) is 13.2 Å². The fourth-order valence-electron chi connectivity index (χ4n) is 4.46. The number of nitrogens with zero attached hydrogens (tertiary/aromatic N) is 3. The molecule has 2 heterocycles. The average molecular weight is 549 g/mol. The van der Waals surface area contributed by atoms with Gasteiger partial charge in [-0.2, -0.15) is 0 Å². The predicted octanol–water partition coefficient (Wildman–Crippen LogP) is 5.95. The Morgan fingerprint density at radius 3 is 2.46 bits per heavy atom. The van der Waals surface area contributed by atoms with Crippen LogP contribution in [0.3, 0.4) is 0 Å². The number of nitrogens with one attached hydrogen (secondary N) is 1. The highest BCUT2D eigenvalue weighted by Gasteiger charge is 2.38. The first-order valence-corrected chi connectivity index (χ1v) is 14.3. The molecule has 10 heteroatoms. The minimum absolute atomic E-state index is 0.0521. The summed E-state index contributed by atoms with van der Waals surface area (Å²) in [5.74, 6) is 0.579. The lowest BCUT2D eigenvalue weighted by Gasteiger charge is -2.30. The van der Waals surface area contributed by atoms with Gasteiger partial charge in [0.05, 0.1) is 16.8 Å². The largest absolute Gasteiger partial charge is 0.445 e. The quantitative estimate of drug-likeness (QED) is 0.289. The van der Waals surface area contributed by atoms with E-state index in [1.807, 2.05) is 43.9 Å². The lowest BCUT2D eigenvalue weighted by atomic mass is 9.93. The number of benzene rings is 2. The SMILES string of the molecule is Cc1noc(NS(=O)(=O)c2ccccc2-c2ccc(-c3ncco3)cc2CN(C(=O)C(C)(C)C)C2CC2)c1C. The Morgan fingerprint density at radius 2 is 1.85 bits per heavy atom. The van der Waals surface area contributed by atoms with Crippen LogP contribution in [0, 0.1) is 19.3 Å². The number of carbonyl (C=O) groups excluding carboxylic acids is 1. The molecule has 0 bridgehead atoms. The lowest BCUT2D eigenvalue weighted by Crippen LogP contribution is -2.40. The van der Waals surface area contributed by atoms with Gasteiger partial charge in [-0.1, -0.05) is 50.2 Å². The number of sulfonamides is 1. The molecule has 0 spiro atoms. The number of anilines is 1. The van der Waals surface area contributed by atoms with Gasteiger partial charge in [-0.15, -0.1) is 0 Å². The number of rotatable bonds is 8. The fourth-order valence-corrected chi connectivity index (χ4v) is 5.73. The number of amides is 1. The molecule has 204 valence electrons. The molecule has 0 aliphatic heterocycles. The molecule has 5 rings (SSSR count). The summed E-state index contributed by atoms with van der Waals surface area (Å²) in [5.41, 5.74) is 3.41. The number of hydrogen-bond acceptors (Lipinski definition) is 7. The minimum atomic E-state index is -4.04. The highest BCUT2D eigenvalue weighted by atomic mass is 32.2. The molecule has 0 unspecified atom stereocenters. The van der Waals surface area contributed by atoms with Crippen LogP contribution in [-0.2, 0) is 21.4 Å². The van der Waals surface area contributed by atoms with Gasteiger partial charge in [-0.05, 0) is 56.0 Å². The molecule has 0 saturated heterocycles. The van der Waals surface area contributed by atoms with E-state index in [2.05, 4.69) is 14.9 Å². The van der Waals surface area contributed by atoms with Crippen molar-refractivity contribution in [2.45, 2.75) is 64.9 Å². The van der Waals surface area contributed by atoms with Gasteiger partial charge >= 0.3 is 0 Å². The van der Waals surface area contributed by atoms with Crippen molar-refractivity contribution in [3.8, 4) is 22.6 Å². The fraction of sp³-hybridized carbons (Fsp3) is 0.345. The Balaban J connectivity index is 1.62. The first-order chi connectivity index (χ1) is 18.5. The summed E-state index contributed by atoms with van der Waals surface area (Å²) in [6.07, 6.45) is 4.97. The smallest absolute Gasteiger partial charge is 0.264 e. The topological polar surface area (TPSA) is 119 Å². The number of oxazole rings is 1.